The number of pyridine rings is 2. The molecule has 2 N–H and O–H groups in total. The number of fused-ring (bicyclic) bond motifs is 1. The normalized spacial score (nSPS) is 11.2. The summed E-state index contributed by atoms with van der Waals surface area (Å²) in [5.41, 5.74) is 6.10. The van der Waals surface area contributed by atoms with Crippen LogP contribution in [-0.2, 0) is 7.05 Å². The summed E-state index contributed by atoms with van der Waals surface area (Å²) < 4.78 is 15.0. The Morgan fingerprint density at radius 2 is 1.82 bits per heavy atom. The van der Waals surface area contributed by atoms with E-state index < -0.39 is 5.82 Å². The topological polar surface area (TPSA) is 75.6 Å². The van der Waals surface area contributed by atoms with E-state index in [9.17, 15) is 9.18 Å². The maximum absolute atomic E-state index is 13.4. The fourth-order valence-corrected chi connectivity index (χ4v) is 4.30. The van der Waals surface area contributed by atoms with Gasteiger partial charge >= 0.3 is 0 Å². The van der Waals surface area contributed by atoms with Gasteiger partial charge in [0, 0.05) is 47.2 Å². The van der Waals surface area contributed by atoms with E-state index in [-0.39, 0.29) is 5.56 Å². The van der Waals surface area contributed by atoms with Crippen LogP contribution in [0.4, 0.5) is 15.9 Å². The first-order valence-electron chi connectivity index (χ1n) is 10.7. The van der Waals surface area contributed by atoms with Gasteiger partial charge in [-0.1, -0.05) is 17.7 Å². The van der Waals surface area contributed by atoms with Crippen LogP contribution in [0.15, 0.2) is 65.6 Å². The van der Waals surface area contributed by atoms with E-state index in [4.69, 9.17) is 11.6 Å². The number of nitrogens with zero attached hydrogens (tertiary/aromatic N) is 3. The average molecular weight is 474 g/mol. The van der Waals surface area contributed by atoms with Crippen LogP contribution in [0.5, 0.6) is 0 Å². The number of nitrogens with one attached hydrogen (secondary N) is 2. The van der Waals surface area contributed by atoms with Crippen LogP contribution in [0.25, 0.3) is 33.3 Å². The maximum Gasteiger partial charge on any atom is 0.258 e. The molecule has 0 radical (unpaired) electrons. The third-order valence-electron chi connectivity index (χ3n) is 5.84. The molecule has 34 heavy (non-hydrogen) atoms. The highest BCUT2D eigenvalue weighted by Gasteiger charge is 2.14. The first-order valence-corrected chi connectivity index (χ1v) is 11.0. The van der Waals surface area contributed by atoms with Gasteiger partial charge < -0.3 is 9.88 Å². The molecule has 0 saturated carbocycles. The zero-order valence-corrected chi connectivity index (χ0v) is 19.5. The van der Waals surface area contributed by atoms with Crippen LogP contribution < -0.4 is 10.9 Å². The van der Waals surface area contributed by atoms with Crippen molar-refractivity contribution in [2.45, 2.75) is 13.8 Å². The lowest BCUT2D eigenvalue weighted by atomic mass is 9.99. The maximum atomic E-state index is 13.4. The molecule has 2 aromatic carbocycles. The number of benzene rings is 2. The molecule has 170 valence electrons. The van der Waals surface area contributed by atoms with Gasteiger partial charge in [-0.05, 0) is 67.4 Å². The zero-order chi connectivity index (χ0) is 24.0. The molecule has 6 nitrogen and oxygen atoms in total. The molecular weight excluding hydrogens is 453 g/mol. The number of H-pyrrole nitrogens is 1. The van der Waals surface area contributed by atoms with Crippen LogP contribution in [0, 0.1) is 19.7 Å². The summed E-state index contributed by atoms with van der Waals surface area (Å²) >= 11 is 6.17. The van der Waals surface area contributed by atoms with Crippen LogP contribution in [0.1, 0.15) is 11.3 Å². The van der Waals surface area contributed by atoms with Crippen LogP contribution in [0.3, 0.4) is 0 Å². The quantitative estimate of drug-likeness (QED) is 0.328. The predicted octanol–water partition coefficient (Wildman–Crippen LogP) is 6.14. The molecule has 0 unspecified atom stereocenters. The van der Waals surface area contributed by atoms with E-state index in [0.717, 1.165) is 33.4 Å². The fraction of sp³-hybridized carbons (Fsp3) is 0.115. The molecule has 3 heterocycles. The lowest BCUT2D eigenvalue weighted by molar-refractivity contribution is 0.628. The largest absolute Gasteiger partial charge is 0.339 e. The lowest BCUT2D eigenvalue weighted by Gasteiger charge is -2.13. The number of rotatable bonds is 4. The summed E-state index contributed by atoms with van der Waals surface area (Å²) in [5.74, 6) is 0.167. The second-order valence-corrected chi connectivity index (χ2v) is 8.66. The van der Waals surface area contributed by atoms with Crippen molar-refractivity contribution in [2.75, 3.05) is 5.32 Å². The van der Waals surface area contributed by atoms with Crippen molar-refractivity contribution in [2.24, 2.45) is 7.05 Å². The minimum Gasteiger partial charge on any atom is -0.339 e. The zero-order valence-electron chi connectivity index (χ0n) is 18.8. The molecule has 0 bridgehead atoms. The summed E-state index contributed by atoms with van der Waals surface area (Å²) in [4.78, 5) is 17.6. The van der Waals surface area contributed by atoms with Gasteiger partial charge in [0.1, 0.15) is 5.82 Å². The Bertz CT molecular complexity index is 1620. The highest BCUT2D eigenvalue weighted by molar-refractivity contribution is 6.33. The number of aryl methyl sites for hydroxylation is 3. The number of anilines is 2. The van der Waals surface area contributed by atoms with E-state index >= 15 is 0 Å². The van der Waals surface area contributed by atoms with Gasteiger partial charge in [-0.2, -0.15) is 5.10 Å². The molecule has 8 heteroatoms. The third-order valence-corrected chi connectivity index (χ3v) is 6.16. The van der Waals surface area contributed by atoms with Gasteiger partial charge in [0.25, 0.3) is 5.56 Å². The van der Waals surface area contributed by atoms with Gasteiger partial charge in [0.15, 0.2) is 5.82 Å². The Labute approximate surface area is 200 Å². The average Bonchev–Trinajstić information content (AvgIpc) is 3.26. The molecule has 0 atom stereocenters. The molecule has 0 saturated heterocycles. The number of hydrogen-bond acceptors (Lipinski definition) is 4. The van der Waals surface area contributed by atoms with Gasteiger partial charge in [-0.3, -0.25) is 14.9 Å². The molecular formula is C26H21ClFN5O. The van der Waals surface area contributed by atoms with Crippen molar-refractivity contribution in [1.82, 2.24) is 19.7 Å². The van der Waals surface area contributed by atoms with Gasteiger partial charge in [-0.15, -0.1) is 0 Å². The van der Waals surface area contributed by atoms with Crippen LogP contribution in [-0.4, -0.2) is 19.7 Å². The molecule has 5 aromatic rings. The predicted molar refractivity (Wildman–Crippen MR) is 134 cm³/mol. The summed E-state index contributed by atoms with van der Waals surface area (Å²) in [5, 5.41) is 11.7. The minimum atomic E-state index is -0.399. The Kier molecular flexibility index (Phi) is 5.42. The summed E-state index contributed by atoms with van der Waals surface area (Å²) in [6.07, 6.45) is 1.79. The molecule has 5 rings (SSSR count). The molecule has 3 aromatic heterocycles. The first-order chi connectivity index (χ1) is 16.3. The molecule has 0 amide bonds. The van der Waals surface area contributed by atoms with Crippen molar-refractivity contribution in [3.63, 3.8) is 0 Å². The summed E-state index contributed by atoms with van der Waals surface area (Å²) in [6, 6.07) is 15.6. The Morgan fingerprint density at radius 1 is 1.00 bits per heavy atom. The third kappa shape index (κ3) is 3.95. The SMILES string of the molecule is Cc1cc2c(cn1)cc(-c1cc(Nc3cc(-c4ccc(F)cc4Cl)[nH]n3)ccc1C)c(=O)n2C. The molecule has 0 aliphatic rings. The molecule has 0 aliphatic carbocycles. The van der Waals surface area contributed by atoms with Crippen molar-refractivity contribution < 1.29 is 4.39 Å². The van der Waals surface area contributed by atoms with E-state index in [1.165, 1.54) is 12.1 Å². The van der Waals surface area contributed by atoms with E-state index in [2.05, 4.69) is 20.5 Å². The second kappa shape index (κ2) is 8.43. The van der Waals surface area contributed by atoms with E-state index in [1.807, 2.05) is 44.2 Å². The molecule has 0 fully saturated rings. The number of aromatic amines is 1. The Morgan fingerprint density at radius 3 is 2.62 bits per heavy atom. The second-order valence-electron chi connectivity index (χ2n) is 8.25. The van der Waals surface area contributed by atoms with Gasteiger partial charge in [0.2, 0.25) is 0 Å². The smallest absolute Gasteiger partial charge is 0.258 e. The number of aromatic nitrogens is 4. The summed E-state index contributed by atoms with van der Waals surface area (Å²) in [6.45, 7) is 3.88. The summed E-state index contributed by atoms with van der Waals surface area (Å²) in [7, 11) is 1.77. The van der Waals surface area contributed by atoms with Crippen LogP contribution in [0.2, 0.25) is 5.02 Å². The van der Waals surface area contributed by atoms with Crippen molar-refractivity contribution >= 4 is 34.0 Å². The van der Waals surface area contributed by atoms with Gasteiger partial charge in [-0.25, -0.2) is 4.39 Å². The number of halogens is 2. The first kappa shape index (κ1) is 21.9. The standard InChI is InChI=1S/C26H21ClFN5O/c1-14-4-6-18(30-25-12-23(31-32-25)19-7-5-17(28)10-22(19)27)11-20(14)21-9-16-13-29-15(2)8-24(16)33(3)26(21)34/h4-13H,1-3H3,(H2,30,31,32). The van der Waals surface area contributed by atoms with Gasteiger partial charge in [0.05, 0.1) is 16.2 Å². The lowest BCUT2D eigenvalue weighted by Crippen LogP contribution is -2.19. The van der Waals surface area contributed by atoms with E-state index in [0.29, 0.717) is 27.7 Å². The molecule has 0 spiro atoms. The van der Waals surface area contributed by atoms with E-state index in [1.54, 1.807) is 29.9 Å². The monoisotopic (exact) mass is 473 g/mol. The highest BCUT2D eigenvalue weighted by Crippen LogP contribution is 2.31. The fourth-order valence-electron chi connectivity index (χ4n) is 4.03. The van der Waals surface area contributed by atoms with Crippen molar-refractivity contribution in [1.29, 1.82) is 0 Å². The number of hydrogen-bond donors (Lipinski definition) is 2. The Balaban J connectivity index is 1.51. The van der Waals surface area contributed by atoms with Crippen molar-refractivity contribution in [3.8, 4) is 22.4 Å². The minimum absolute atomic E-state index is 0.0774. The highest BCUT2D eigenvalue weighted by atomic mass is 35.5. The Hall–Kier alpha value is -3.97. The van der Waals surface area contributed by atoms with Crippen LogP contribution >= 0.6 is 11.6 Å². The molecule has 0 aliphatic heterocycles. The van der Waals surface area contributed by atoms with Crippen molar-refractivity contribution in [3.05, 3.63) is 93.2 Å².